The quantitative estimate of drug-likeness (QED) is 0.821. The summed E-state index contributed by atoms with van der Waals surface area (Å²) in [6, 6.07) is 9.87. The molecule has 1 aliphatic heterocycles. The van der Waals surface area contributed by atoms with E-state index in [9.17, 15) is 9.90 Å². The lowest BCUT2D eigenvalue weighted by Crippen LogP contribution is -2.37. The molecule has 0 amide bonds. The van der Waals surface area contributed by atoms with Crippen LogP contribution in [0.1, 0.15) is 44.8 Å². The summed E-state index contributed by atoms with van der Waals surface area (Å²) in [6.45, 7) is 6.36. The van der Waals surface area contributed by atoms with E-state index >= 15 is 0 Å². The molecule has 0 radical (unpaired) electrons. The molecule has 1 aliphatic rings. The lowest BCUT2D eigenvalue weighted by atomic mass is 9.87. The first-order valence-corrected chi connectivity index (χ1v) is 8.21. The number of hydrogen-bond acceptors (Lipinski definition) is 4. The molecule has 0 spiro atoms. The molecule has 0 saturated carbocycles. The predicted octanol–water partition coefficient (Wildman–Crippen LogP) is 2.77. The van der Waals surface area contributed by atoms with Crippen molar-refractivity contribution in [2.75, 3.05) is 19.6 Å². The highest BCUT2D eigenvalue weighted by atomic mass is 16.5. The second kappa shape index (κ2) is 8.30. The number of carbonyl (C=O) groups is 1. The largest absolute Gasteiger partial charge is 0.463 e. The zero-order chi connectivity index (χ0) is 15.9. The Hall–Kier alpha value is -1.39. The minimum Gasteiger partial charge on any atom is -0.463 e. The van der Waals surface area contributed by atoms with Crippen LogP contribution in [0.3, 0.4) is 0 Å². The molecule has 1 unspecified atom stereocenters. The first kappa shape index (κ1) is 17.0. The van der Waals surface area contributed by atoms with Gasteiger partial charge in [0.05, 0.1) is 18.6 Å². The number of benzene rings is 1. The third-order valence-electron chi connectivity index (χ3n) is 4.22. The molecule has 4 nitrogen and oxygen atoms in total. The molecule has 1 heterocycles. The van der Waals surface area contributed by atoms with Gasteiger partial charge in [-0.25, -0.2) is 0 Å². The van der Waals surface area contributed by atoms with E-state index < -0.39 is 0 Å². The van der Waals surface area contributed by atoms with Gasteiger partial charge >= 0.3 is 5.97 Å². The van der Waals surface area contributed by atoms with Crippen molar-refractivity contribution >= 4 is 5.97 Å². The van der Waals surface area contributed by atoms with Crippen LogP contribution in [0, 0.1) is 5.92 Å². The average Bonchev–Trinajstić information content (AvgIpc) is 2.53. The maximum atomic E-state index is 11.6. The standard InChI is InChI=1S/C18H27NO3/c1-14(2)22-17(20)10-13-19-11-8-16(9-12-19)18(21)15-6-4-3-5-7-15/h3-7,14,16,18,21H,8-13H2,1-2H3. The number of ether oxygens (including phenoxy) is 1. The number of nitrogens with zero attached hydrogens (tertiary/aromatic N) is 1. The molecular formula is C18H27NO3. The molecule has 0 bridgehead atoms. The molecule has 122 valence electrons. The number of esters is 1. The maximum Gasteiger partial charge on any atom is 0.307 e. The minimum absolute atomic E-state index is 0.0424. The van der Waals surface area contributed by atoms with E-state index in [1.807, 2.05) is 44.2 Å². The van der Waals surface area contributed by atoms with Crippen LogP contribution in [-0.4, -0.2) is 41.7 Å². The molecule has 22 heavy (non-hydrogen) atoms. The zero-order valence-electron chi connectivity index (χ0n) is 13.6. The van der Waals surface area contributed by atoms with Crippen molar-refractivity contribution < 1.29 is 14.6 Å². The van der Waals surface area contributed by atoms with Crippen molar-refractivity contribution in [1.29, 1.82) is 0 Å². The first-order valence-electron chi connectivity index (χ1n) is 8.21. The molecule has 1 aromatic rings. The molecule has 0 aromatic heterocycles. The molecule has 4 heteroatoms. The first-order chi connectivity index (χ1) is 10.6. The summed E-state index contributed by atoms with van der Waals surface area (Å²) in [4.78, 5) is 13.9. The van der Waals surface area contributed by atoms with Crippen molar-refractivity contribution in [2.24, 2.45) is 5.92 Å². The number of piperidine rings is 1. The number of carbonyl (C=O) groups excluding carboxylic acids is 1. The maximum absolute atomic E-state index is 11.6. The molecular weight excluding hydrogens is 278 g/mol. The molecule has 1 atom stereocenters. The van der Waals surface area contributed by atoms with E-state index in [0.717, 1.165) is 38.0 Å². The Morgan fingerprint density at radius 1 is 1.27 bits per heavy atom. The molecule has 1 fully saturated rings. The molecule has 1 aromatic carbocycles. The summed E-state index contributed by atoms with van der Waals surface area (Å²) >= 11 is 0. The van der Waals surface area contributed by atoms with Gasteiger partial charge in [0.2, 0.25) is 0 Å². The average molecular weight is 305 g/mol. The Bertz CT molecular complexity index is 453. The van der Waals surface area contributed by atoms with Crippen LogP contribution >= 0.6 is 0 Å². The highest BCUT2D eigenvalue weighted by molar-refractivity contribution is 5.69. The highest BCUT2D eigenvalue weighted by Gasteiger charge is 2.26. The summed E-state index contributed by atoms with van der Waals surface area (Å²) in [5.74, 6) is 0.183. The van der Waals surface area contributed by atoms with E-state index in [4.69, 9.17) is 4.74 Å². The van der Waals surface area contributed by atoms with Crippen molar-refractivity contribution in [3.8, 4) is 0 Å². The van der Waals surface area contributed by atoms with Crippen LogP contribution in [0.4, 0.5) is 0 Å². The molecule has 1 N–H and O–H groups in total. The van der Waals surface area contributed by atoms with Gasteiger partial charge in [0.1, 0.15) is 0 Å². The van der Waals surface area contributed by atoms with Gasteiger partial charge in [-0.15, -0.1) is 0 Å². The Kier molecular flexibility index (Phi) is 6.40. The second-order valence-electron chi connectivity index (χ2n) is 6.32. The Morgan fingerprint density at radius 3 is 2.50 bits per heavy atom. The predicted molar refractivity (Wildman–Crippen MR) is 86.4 cm³/mol. The minimum atomic E-state index is -0.380. The fourth-order valence-corrected chi connectivity index (χ4v) is 2.99. The van der Waals surface area contributed by atoms with Gasteiger partial charge in [-0.1, -0.05) is 30.3 Å². The van der Waals surface area contributed by atoms with Crippen molar-refractivity contribution in [2.45, 2.75) is 45.3 Å². The van der Waals surface area contributed by atoms with E-state index in [-0.39, 0.29) is 18.2 Å². The van der Waals surface area contributed by atoms with E-state index in [2.05, 4.69) is 4.90 Å². The monoisotopic (exact) mass is 305 g/mol. The third-order valence-corrected chi connectivity index (χ3v) is 4.22. The second-order valence-corrected chi connectivity index (χ2v) is 6.32. The number of likely N-dealkylation sites (tertiary alicyclic amines) is 1. The van der Waals surface area contributed by atoms with Gasteiger partial charge in [-0.05, 0) is 51.3 Å². The van der Waals surface area contributed by atoms with E-state index in [0.29, 0.717) is 12.3 Å². The normalized spacial score (nSPS) is 18.4. The number of rotatable bonds is 6. The lowest BCUT2D eigenvalue weighted by Gasteiger charge is -2.34. The van der Waals surface area contributed by atoms with Crippen molar-refractivity contribution in [3.63, 3.8) is 0 Å². The summed E-state index contributed by atoms with van der Waals surface area (Å²) in [7, 11) is 0. The Balaban J connectivity index is 1.73. The van der Waals surface area contributed by atoms with Gasteiger partial charge in [0.25, 0.3) is 0 Å². The summed E-state index contributed by atoms with van der Waals surface area (Å²) in [6.07, 6.45) is 1.96. The fourth-order valence-electron chi connectivity index (χ4n) is 2.99. The smallest absolute Gasteiger partial charge is 0.307 e. The van der Waals surface area contributed by atoms with Gasteiger partial charge in [-0.3, -0.25) is 4.79 Å². The third kappa shape index (κ3) is 5.11. The number of aliphatic hydroxyl groups excluding tert-OH is 1. The fraction of sp³-hybridized carbons (Fsp3) is 0.611. The van der Waals surface area contributed by atoms with Gasteiger partial charge in [0.15, 0.2) is 0 Å². The summed E-state index contributed by atoms with van der Waals surface area (Å²) < 4.78 is 5.15. The van der Waals surface area contributed by atoms with Crippen LogP contribution < -0.4 is 0 Å². The summed E-state index contributed by atoms with van der Waals surface area (Å²) in [5.41, 5.74) is 1.00. The van der Waals surface area contributed by atoms with Gasteiger partial charge < -0.3 is 14.7 Å². The molecule has 1 saturated heterocycles. The Labute approximate surface area is 133 Å². The molecule has 0 aliphatic carbocycles. The highest BCUT2D eigenvalue weighted by Crippen LogP contribution is 2.30. The van der Waals surface area contributed by atoms with Crippen molar-refractivity contribution in [1.82, 2.24) is 4.90 Å². The SMILES string of the molecule is CC(C)OC(=O)CCN1CCC(C(O)c2ccccc2)CC1. The van der Waals surface area contributed by atoms with E-state index in [1.54, 1.807) is 0 Å². The van der Waals surface area contributed by atoms with Crippen LogP contribution in [0.2, 0.25) is 0 Å². The number of aliphatic hydroxyl groups is 1. The Morgan fingerprint density at radius 2 is 1.91 bits per heavy atom. The lowest BCUT2D eigenvalue weighted by molar-refractivity contribution is -0.147. The molecule has 2 rings (SSSR count). The van der Waals surface area contributed by atoms with Crippen LogP contribution in [0.25, 0.3) is 0 Å². The van der Waals surface area contributed by atoms with Crippen molar-refractivity contribution in [3.05, 3.63) is 35.9 Å². The zero-order valence-corrected chi connectivity index (χ0v) is 13.6. The van der Waals surface area contributed by atoms with E-state index in [1.165, 1.54) is 0 Å². The summed E-state index contributed by atoms with van der Waals surface area (Å²) in [5, 5.41) is 10.5. The topological polar surface area (TPSA) is 49.8 Å². The van der Waals surface area contributed by atoms with Gasteiger partial charge in [-0.2, -0.15) is 0 Å². The van der Waals surface area contributed by atoms with Crippen LogP contribution in [0.15, 0.2) is 30.3 Å². The number of hydrogen-bond donors (Lipinski definition) is 1. The van der Waals surface area contributed by atoms with Gasteiger partial charge in [0, 0.05) is 6.54 Å². The van der Waals surface area contributed by atoms with Crippen LogP contribution in [-0.2, 0) is 9.53 Å². The van der Waals surface area contributed by atoms with Crippen LogP contribution in [0.5, 0.6) is 0 Å².